The molecular weight excluding hydrogens is 310 g/mol. The Morgan fingerprint density at radius 3 is 1.33 bits per heavy atom. The van der Waals surface area contributed by atoms with E-state index in [0.717, 1.165) is 77.3 Å². The molecule has 0 saturated carbocycles. The van der Waals surface area contributed by atoms with Crippen LogP contribution < -0.4 is 0 Å². The number of aliphatic hydroxyl groups excluding tert-OH is 1. The van der Waals surface area contributed by atoms with Crippen LogP contribution in [0.3, 0.4) is 0 Å². The number of hydrogen-bond acceptors (Lipinski definition) is 4. The average molecular weight is 345 g/mol. The second-order valence-electron chi connectivity index (χ2n) is 6.39. The van der Waals surface area contributed by atoms with E-state index in [1.54, 1.807) is 0 Å². The van der Waals surface area contributed by atoms with Crippen molar-refractivity contribution in [1.82, 2.24) is 4.90 Å². The maximum Gasteiger partial charge on any atom is 0.303 e. The fourth-order valence-electron chi connectivity index (χ4n) is 2.76. The molecule has 0 unspecified atom stereocenters. The predicted octanol–water partition coefficient (Wildman–Crippen LogP) is 3.13. The normalized spacial score (nSPS) is 11.1. The Balaban J connectivity index is 3.52. The van der Waals surface area contributed by atoms with E-state index in [1.165, 1.54) is 0 Å². The topological polar surface area (TPSA) is 98.1 Å². The highest BCUT2D eigenvalue weighted by Crippen LogP contribution is 2.09. The van der Waals surface area contributed by atoms with Crippen molar-refractivity contribution in [1.29, 1.82) is 0 Å². The Kier molecular flexibility index (Phi) is 15.9. The van der Waals surface area contributed by atoms with Crippen molar-refractivity contribution in [3.63, 3.8) is 0 Å². The lowest BCUT2D eigenvalue weighted by atomic mass is 10.1. The van der Waals surface area contributed by atoms with Crippen LogP contribution in [-0.2, 0) is 9.59 Å². The van der Waals surface area contributed by atoms with Crippen molar-refractivity contribution >= 4 is 11.9 Å². The van der Waals surface area contributed by atoms with Gasteiger partial charge < -0.3 is 20.2 Å². The fraction of sp³-hybridized carbons (Fsp3) is 0.889. The first-order valence-corrected chi connectivity index (χ1v) is 9.33. The summed E-state index contributed by atoms with van der Waals surface area (Å²) in [4.78, 5) is 23.1. The molecule has 0 aromatic carbocycles. The molecule has 6 heteroatoms. The van der Waals surface area contributed by atoms with Gasteiger partial charge in [-0.2, -0.15) is 0 Å². The lowest BCUT2D eigenvalue weighted by Gasteiger charge is -2.21. The second kappa shape index (κ2) is 16.7. The van der Waals surface area contributed by atoms with E-state index in [1.807, 2.05) is 0 Å². The summed E-state index contributed by atoms with van der Waals surface area (Å²) in [5.74, 6) is -1.43. The summed E-state index contributed by atoms with van der Waals surface area (Å²) in [5.41, 5.74) is 0. The second-order valence-corrected chi connectivity index (χ2v) is 6.39. The van der Waals surface area contributed by atoms with Crippen molar-refractivity contribution in [3.8, 4) is 0 Å². The summed E-state index contributed by atoms with van der Waals surface area (Å²) < 4.78 is 0. The predicted molar refractivity (Wildman–Crippen MR) is 94.2 cm³/mol. The van der Waals surface area contributed by atoms with Gasteiger partial charge in [0.25, 0.3) is 0 Å². The van der Waals surface area contributed by atoms with Crippen LogP contribution in [0.5, 0.6) is 0 Å². The molecule has 0 heterocycles. The first-order valence-electron chi connectivity index (χ1n) is 9.33. The SMILES string of the molecule is O=C(O)CCCCCCCN(CCO)CCCCCCCC(=O)O. The highest BCUT2D eigenvalue weighted by molar-refractivity contribution is 5.66. The molecule has 3 N–H and O–H groups in total. The van der Waals surface area contributed by atoms with Crippen LogP contribution in [0.4, 0.5) is 0 Å². The number of carbonyl (C=O) groups is 2. The molecule has 0 radical (unpaired) electrons. The van der Waals surface area contributed by atoms with E-state index in [0.29, 0.717) is 6.54 Å². The Bertz CT molecular complexity index is 295. The maximum atomic E-state index is 10.4. The quantitative estimate of drug-likeness (QED) is 0.330. The molecular formula is C18H35NO5. The molecule has 0 fully saturated rings. The summed E-state index contributed by atoms with van der Waals surface area (Å²) in [6.07, 6.45) is 10.5. The zero-order chi connectivity index (χ0) is 18.0. The molecule has 0 aromatic heterocycles. The number of carboxylic acids is 2. The van der Waals surface area contributed by atoms with Crippen molar-refractivity contribution in [3.05, 3.63) is 0 Å². The Morgan fingerprint density at radius 2 is 0.958 bits per heavy atom. The molecule has 6 nitrogen and oxygen atoms in total. The van der Waals surface area contributed by atoms with Crippen LogP contribution in [0.25, 0.3) is 0 Å². The molecule has 142 valence electrons. The summed E-state index contributed by atoms with van der Waals surface area (Å²) in [7, 11) is 0. The molecule has 0 saturated heterocycles. The highest BCUT2D eigenvalue weighted by Gasteiger charge is 2.04. The zero-order valence-electron chi connectivity index (χ0n) is 14.9. The number of nitrogens with zero attached hydrogens (tertiary/aromatic N) is 1. The van der Waals surface area contributed by atoms with Gasteiger partial charge in [-0.05, 0) is 38.8 Å². The third-order valence-corrected chi connectivity index (χ3v) is 4.15. The van der Waals surface area contributed by atoms with Gasteiger partial charge in [-0.3, -0.25) is 9.59 Å². The van der Waals surface area contributed by atoms with E-state index in [-0.39, 0.29) is 19.4 Å². The van der Waals surface area contributed by atoms with E-state index >= 15 is 0 Å². The first-order chi connectivity index (χ1) is 11.6. The van der Waals surface area contributed by atoms with Gasteiger partial charge in [-0.15, -0.1) is 0 Å². The van der Waals surface area contributed by atoms with Crippen LogP contribution in [0.1, 0.15) is 77.0 Å². The van der Waals surface area contributed by atoms with Gasteiger partial charge in [-0.1, -0.05) is 38.5 Å². The molecule has 0 aliphatic heterocycles. The minimum atomic E-state index is -0.716. The minimum Gasteiger partial charge on any atom is -0.481 e. The Labute approximate surface area is 145 Å². The molecule has 0 spiro atoms. The van der Waals surface area contributed by atoms with E-state index in [2.05, 4.69) is 4.90 Å². The van der Waals surface area contributed by atoms with Crippen molar-refractivity contribution in [2.75, 3.05) is 26.2 Å². The van der Waals surface area contributed by atoms with Crippen LogP contribution in [0.2, 0.25) is 0 Å². The molecule has 0 bridgehead atoms. The summed E-state index contributed by atoms with van der Waals surface area (Å²) in [6.45, 7) is 2.85. The number of aliphatic carboxylic acids is 2. The van der Waals surface area contributed by atoms with Gasteiger partial charge in [0, 0.05) is 19.4 Å². The van der Waals surface area contributed by atoms with Gasteiger partial charge in [0.15, 0.2) is 0 Å². The fourth-order valence-corrected chi connectivity index (χ4v) is 2.76. The summed E-state index contributed by atoms with van der Waals surface area (Å²) in [6, 6.07) is 0. The molecule has 0 aliphatic carbocycles. The number of carboxylic acid groups (broad SMARTS) is 2. The van der Waals surface area contributed by atoms with Crippen LogP contribution in [0, 0.1) is 0 Å². The third-order valence-electron chi connectivity index (χ3n) is 4.15. The molecule has 0 aromatic rings. The largest absolute Gasteiger partial charge is 0.481 e. The third kappa shape index (κ3) is 17.2. The van der Waals surface area contributed by atoms with Crippen LogP contribution >= 0.6 is 0 Å². The smallest absolute Gasteiger partial charge is 0.303 e. The van der Waals surface area contributed by atoms with E-state index in [9.17, 15) is 9.59 Å². The van der Waals surface area contributed by atoms with Crippen molar-refractivity contribution < 1.29 is 24.9 Å². The molecule has 0 amide bonds. The van der Waals surface area contributed by atoms with E-state index in [4.69, 9.17) is 15.3 Å². The van der Waals surface area contributed by atoms with Gasteiger partial charge in [0.1, 0.15) is 0 Å². The van der Waals surface area contributed by atoms with Gasteiger partial charge in [-0.25, -0.2) is 0 Å². The number of unbranched alkanes of at least 4 members (excludes halogenated alkanes) is 8. The molecule has 24 heavy (non-hydrogen) atoms. The molecule has 0 rings (SSSR count). The van der Waals surface area contributed by atoms with Crippen LogP contribution in [-0.4, -0.2) is 58.4 Å². The summed E-state index contributed by atoms with van der Waals surface area (Å²) in [5, 5.41) is 26.3. The highest BCUT2D eigenvalue weighted by atomic mass is 16.4. The zero-order valence-corrected chi connectivity index (χ0v) is 14.9. The molecule has 0 atom stereocenters. The number of rotatable bonds is 18. The Morgan fingerprint density at radius 1 is 0.583 bits per heavy atom. The number of hydrogen-bond donors (Lipinski definition) is 3. The monoisotopic (exact) mass is 345 g/mol. The standard InChI is InChI=1S/C18H35NO5/c20-16-15-19(13-9-5-1-3-7-11-17(21)22)14-10-6-2-4-8-12-18(23)24/h20H,1-16H2,(H,21,22)(H,23,24). The van der Waals surface area contributed by atoms with Crippen LogP contribution in [0.15, 0.2) is 0 Å². The summed E-state index contributed by atoms with van der Waals surface area (Å²) >= 11 is 0. The maximum absolute atomic E-state index is 10.4. The Hall–Kier alpha value is -1.14. The van der Waals surface area contributed by atoms with E-state index < -0.39 is 11.9 Å². The average Bonchev–Trinajstić information content (AvgIpc) is 2.52. The van der Waals surface area contributed by atoms with Crippen molar-refractivity contribution in [2.45, 2.75) is 77.0 Å². The lowest BCUT2D eigenvalue weighted by molar-refractivity contribution is -0.138. The van der Waals surface area contributed by atoms with Crippen molar-refractivity contribution in [2.24, 2.45) is 0 Å². The molecule has 0 aliphatic rings. The van der Waals surface area contributed by atoms with Gasteiger partial charge in [0.05, 0.1) is 6.61 Å². The van der Waals surface area contributed by atoms with Gasteiger partial charge >= 0.3 is 11.9 Å². The first kappa shape index (κ1) is 22.9. The minimum absolute atomic E-state index is 0.178. The lowest BCUT2D eigenvalue weighted by Crippen LogP contribution is -2.29. The number of aliphatic hydroxyl groups is 1. The van der Waals surface area contributed by atoms with Gasteiger partial charge in [0.2, 0.25) is 0 Å².